The molecule has 2 heterocycles. The maximum atomic E-state index is 12.3. The summed E-state index contributed by atoms with van der Waals surface area (Å²) in [6.45, 7) is 2.23. The van der Waals surface area contributed by atoms with Gasteiger partial charge in [-0.2, -0.15) is 0 Å². The van der Waals surface area contributed by atoms with Crippen molar-refractivity contribution >= 4 is 5.69 Å². The molecule has 31 heavy (non-hydrogen) atoms. The average Bonchev–Trinajstić information content (AvgIpc) is 3.06. The van der Waals surface area contributed by atoms with Crippen molar-refractivity contribution in [1.29, 1.82) is 0 Å². The second-order valence-corrected chi connectivity index (χ2v) is 8.49. The second kappa shape index (κ2) is 8.31. The van der Waals surface area contributed by atoms with Gasteiger partial charge in [0.15, 0.2) is 5.75 Å². The van der Waals surface area contributed by atoms with Crippen molar-refractivity contribution in [2.75, 3.05) is 11.5 Å². The molecule has 2 fully saturated rings. The summed E-state index contributed by atoms with van der Waals surface area (Å²) in [5.41, 5.74) is 1.91. The van der Waals surface area contributed by atoms with Gasteiger partial charge in [0.05, 0.1) is 12.7 Å². The van der Waals surface area contributed by atoms with Crippen molar-refractivity contribution in [1.82, 2.24) is 0 Å². The highest BCUT2D eigenvalue weighted by Gasteiger charge is 2.45. The van der Waals surface area contributed by atoms with Crippen LogP contribution in [0, 0.1) is 0 Å². The zero-order chi connectivity index (χ0) is 21.4. The number of piperidine rings is 1. The summed E-state index contributed by atoms with van der Waals surface area (Å²) in [5, 5.41) is 0. The van der Waals surface area contributed by atoms with Gasteiger partial charge in [0.1, 0.15) is 11.8 Å². The van der Waals surface area contributed by atoms with E-state index in [0.717, 1.165) is 36.8 Å². The minimum atomic E-state index is -0.483. The Balaban J connectivity index is 1.38. The fourth-order valence-electron chi connectivity index (χ4n) is 5.27. The lowest BCUT2D eigenvalue weighted by Crippen LogP contribution is -2.51. The lowest BCUT2D eigenvalue weighted by Gasteiger charge is -2.42. The minimum absolute atomic E-state index is 0.0983. The number of rotatable bonds is 7. The van der Waals surface area contributed by atoms with Crippen LogP contribution in [-0.2, 0) is 4.74 Å². The van der Waals surface area contributed by atoms with Gasteiger partial charge in [-0.1, -0.05) is 60.7 Å². The lowest BCUT2D eigenvalue weighted by molar-refractivity contribution is -0.0133. The molecule has 5 heteroatoms. The highest BCUT2D eigenvalue weighted by molar-refractivity contribution is 5.66. The van der Waals surface area contributed by atoms with E-state index < -0.39 is 10.9 Å². The third kappa shape index (κ3) is 3.57. The Morgan fingerprint density at radius 3 is 1.94 bits per heavy atom. The van der Waals surface area contributed by atoms with Crippen LogP contribution in [0.1, 0.15) is 49.8 Å². The Labute approximate surface area is 181 Å². The number of benzene rings is 2. The summed E-state index contributed by atoms with van der Waals surface area (Å²) in [4.78, 5) is 26.5. The van der Waals surface area contributed by atoms with Gasteiger partial charge in [-0.3, -0.25) is 9.59 Å². The molecule has 0 radical (unpaired) electrons. The van der Waals surface area contributed by atoms with Crippen LogP contribution in [-0.4, -0.2) is 24.8 Å². The Morgan fingerprint density at radius 2 is 1.42 bits per heavy atom. The second-order valence-electron chi connectivity index (χ2n) is 8.49. The lowest BCUT2D eigenvalue weighted by atomic mass is 9.96. The average molecular weight is 418 g/mol. The first-order valence-electron chi connectivity index (χ1n) is 11.2. The smallest absolute Gasteiger partial charge is 0.272 e. The molecule has 0 saturated carbocycles. The van der Waals surface area contributed by atoms with Gasteiger partial charge < -0.3 is 14.4 Å². The Kier molecular flexibility index (Phi) is 5.36. The molecule has 2 atom stereocenters. The summed E-state index contributed by atoms with van der Waals surface area (Å²) in [6.07, 6.45) is 3.69. The molecule has 2 unspecified atom stereocenters. The van der Waals surface area contributed by atoms with E-state index in [9.17, 15) is 9.59 Å². The molecule has 2 bridgehead atoms. The topological polar surface area (TPSA) is 55.8 Å². The van der Waals surface area contributed by atoms with Gasteiger partial charge >= 0.3 is 0 Å². The predicted octanol–water partition coefficient (Wildman–Crippen LogP) is 3.99. The van der Waals surface area contributed by atoms with Crippen LogP contribution in [0.25, 0.3) is 0 Å². The van der Waals surface area contributed by atoms with Crippen molar-refractivity contribution in [3.05, 3.63) is 92.2 Å². The fourth-order valence-corrected chi connectivity index (χ4v) is 5.27. The number of hydrogen-bond acceptors (Lipinski definition) is 5. The van der Waals surface area contributed by atoms with Crippen LogP contribution in [0.5, 0.6) is 5.75 Å². The molecule has 160 valence electrons. The molecule has 5 rings (SSSR count). The minimum Gasteiger partial charge on any atom is -0.488 e. The van der Waals surface area contributed by atoms with E-state index in [4.69, 9.17) is 9.47 Å². The first kappa shape index (κ1) is 20.0. The molecule has 3 aromatic carbocycles. The summed E-state index contributed by atoms with van der Waals surface area (Å²) in [6, 6.07) is 21.1. The van der Waals surface area contributed by atoms with Crippen molar-refractivity contribution in [2.24, 2.45) is 0 Å². The molecule has 2 aliphatic rings. The van der Waals surface area contributed by atoms with Crippen LogP contribution in [0.15, 0.2) is 70.3 Å². The summed E-state index contributed by atoms with van der Waals surface area (Å²) >= 11 is 0. The molecular formula is C26H27NO4. The number of ether oxygens (including phenoxy) is 2. The van der Waals surface area contributed by atoms with E-state index in [1.807, 2.05) is 43.3 Å². The molecule has 0 spiro atoms. The predicted molar refractivity (Wildman–Crippen MR) is 121 cm³/mol. The molecule has 3 aromatic rings. The third-order valence-electron chi connectivity index (χ3n) is 6.61. The maximum Gasteiger partial charge on any atom is 0.272 e. The zero-order valence-corrected chi connectivity index (χ0v) is 17.7. The standard InChI is InChI=1S/C26H27NO4/c1-2-30-26-22(23(28)24(26)29)27-19-13-14-20(27)16-21(15-19)31-25(17-9-5-3-6-10-17)18-11-7-4-8-12-18/h3-12,19-21,25H,2,13-16H2,1H3. The summed E-state index contributed by atoms with van der Waals surface area (Å²) in [5.74, 6) is 0.259. The molecule has 0 aromatic heterocycles. The van der Waals surface area contributed by atoms with Gasteiger partial charge in [0.2, 0.25) is 0 Å². The number of hydrogen-bond donors (Lipinski definition) is 0. The van der Waals surface area contributed by atoms with E-state index >= 15 is 0 Å². The molecule has 0 amide bonds. The number of anilines is 1. The Morgan fingerprint density at radius 1 is 0.871 bits per heavy atom. The highest BCUT2D eigenvalue weighted by atomic mass is 16.5. The van der Waals surface area contributed by atoms with Gasteiger partial charge in [0, 0.05) is 12.1 Å². The first-order chi connectivity index (χ1) is 15.2. The molecule has 0 aliphatic carbocycles. The molecular weight excluding hydrogens is 390 g/mol. The van der Waals surface area contributed by atoms with E-state index in [1.54, 1.807) is 0 Å². The van der Waals surface area contributed by atoms with Crippen LogP contribution >= 0.6 is 0 Å². The molecule has 2 saturated heterocycles. The van der Waals surface area contributed by atoms with Crippen molar-refractivity contribution < 1.29 is 9.47 Å². The van der Waals surface area contributed by atoms with Crippen molar-refractivity contribution in [3.8, 4) is 5.75 Å². The van der Waals surface area contributed by atoms with Crippen LogP contribution in [0.3, 0.4) is 0 Å². The largest absolute Gasteiger partial charge is 0.488 e. The van der Waals surface area contributed by atoms with Crippen molar-refractivity contribution in [2.45, 2.75) is 56.9 Å². The highest BCUT2D eigenvalue weighted by Crippen LogP contribution is 2.43. The fraction of sp³-hybridized carbons (Fsp3) is 0.385. The first-order valence-corrected chi connectivity index (χ1v) is 11.2. The van der Waals surface area contributed by atoms with E-state index in [0.29, 0.717) is 12.3 Å². The van der Waals surface area contributed by atoms with Crippen LogP contribution in [0.2, 0.25) is 0 Å². The van der Waals surface area contributed by atoms with Gasteiger partial charge in [0.25, 0.3) is 10.9 Å². The SMILES string of the molecule is CCOc1c(N2C3CCC2CC(OC(c2ccccc2)c2ccccc2)C3)c(=O)c1=O. The summed E-state index contributed by atoms with van der Waals surface area (Å²) < 4.78 is 12.2. The normalized spacial score (nSPS) is 22.9. The third-order valence-corrected chi connectivity index (χ3v) is 6.61. The van der Waals surface area contributed by atoms with Crippen molar-refractivity contribution in [3.63, 3.8) is 0 Å². The van der Waals surface area contributed by atoms with E-state index in [-0.39, 0.29) is 30.0 Å². The molecule has 0 N–H and O–H groups in total. The van der Waals surface area contributed by atoms with E-state index in [1.165, 1.54) is 0 Å². The number of nitrogens with zero attached hydrogens (tertiary/aromatic N) is 1. The Bertz CT molecular complexity index is 1050. The van der Waals surface area contributed by atoms with Gasteiger partial charge in [-0.25, -0.2) is 0 Å². The number of fused-ring (bicyclic) bond motifs is 2. The quantitative estimate of drug-likeness (QED) is 0.544. The summed E-state index contributed by atoms with van der Waals surface area (Å²) in [7, 11) is 0. The van der Waals surface area contributed by atoms with Crippen LogP contribution < -0.4 is 20.5 Å². The Hall–Kier alpha value is -2.92. The zero-order valence-electron chi connectivity index (χ0n) is 17.7. The monoisotopic (exact) mass is 417 g/mol. The molecule has 5 nitrogen and oxygen atoms in total. The molecule has 2 aliphatic heterocycles. The maximum absolute atomic E-state index is 12.3. The van der Waals surface area contributed by atoms with Gasteiger partial charge in [-0.05, 0) is 43.7 Å². The van der Waals surface area contributed by atoms with E-state index in [2.05, 4.69) is 29.2 Å². The van der Waals surface area contributed by atoms with Gasteiger partial charge in [-0.15, -0.1) is 0 Å². The van der Waals surface area contributed by atoms with Crippen LogP contribution in [0.4, 0.5) is 5.69 Å².